The molecule has 0 fully saturated rings. The Balaban J connectivity index is 1.25. The van der Waals surface area contributed by atoms with Crippen LogP contribution in [0.25, 0.3) is 89.7 Å². The second-order valence-corrected chi connectivity index (χ2v) is 12.6. The van der Waals surface area contributed by atoms with Gasteiger partial charge in [0.1, 0.15) is 0 Å². The fourth-order valence-corrected chi connectivity index (χ4v) is 6.80. The maximum Gasteiger partial charge on any atom is 0.160 e. The molecule has 0 saturated carbocycles. The van der Waals surface area contributed by atoms with Crippen LogP contribution in [-0.2, 0) is 0 Å². The van der Waals surface area contributed by atoms with Crippen molar-refractivity contribution in [2.24, 2.45) is 0 Å². The first-order valence-corrected chi connectivity index (χ1v) is 17.4. The van der Waals surface area contributed by atoms with Crippen LogP contribution in [0.2, 0.25) is 0 Å². The summed E-state index contributed by atoms with van der Waals surface area (Å²) >= 11 is 0. The van der Waals surface area contributed by atoms with E-state index in [4.69, 9.17) is 19.9 Å². The average molecular weight is 665 g/mol. The molecular weight excluding hydrogens is 633 g/mol. The van der Waals surface area contributed by atoms with Gasteiger partial charge in [0.25, 0.3) is 0 Å². The number of rotatable bonds is 7. The topological polar surface area (TPSA) is 51.6 Å². The first kappa shape index (κ1) is 31.0. The summed E-state index contributed by atoms with van der Waals surface area (Å²) in [7, 11) is 0. The van der Waals surface area contributed by atoms with E-state index in [2.05, 4.69) is 121 Å². The highest BCUT2D eigenvalue weighted by Gasteiger charge is 2.22. The van der Waals surface area contributed by atoms with Gasteiger partial charge in [0.15, 0.2) is 5.82 Å². The normalized spacial score (nSPS) is 11.1. The van der Waals surface area contributed by atoms with Gasteiger partial charge in [-0.15, -0.1) is 0 Å². The lowest BCUT2D eigenvalue weighted by atomic mass is 9.93. The molecule has 4 nitrogen and oxygen atoms in total. The molecule has 244 valence electrons. The van der Waals surface area contributed by atoms with Crippen molar-refractivity contribution in [3.63, 3.8) is 0 Å². The van der Waals surface area contributed by atoms with E-state index in [9.17, 15) is 0 Å². The smallest absolute Gasteiger partial charge is 0.160 e. The van der Waals surface area contributed by atoms with Gasteiger partial charge >= 0.3 is 0 Å². The third-order valence-electron chi connectivity index (χ3n) is 9.30. The average Bonchev–Trinajstić information content (AvgIpc) is 3.24. The lowest BCUT2D eigenvalue weighted by molar-refractivity contribution is 1.21. The van der Waals surface area contributed by atoms with Crippen LogP contribution in [-0.4, -0.2) is 19.9 Å². The van der Waals surface area contributed by atoms with Crippen molar-refractivity contribution in [3.8, 4) is 78.8 Å². The summed E-state index contributed by atoms with van der Waals surface area (Å²) in [5, 5.41) is 1.03. The van der Waals surface area contributed by atoms with Crippen LogP contribution in [0.4, 0.5) is 0 Å². The zero-order valence-corrected chi connectivity index (χ0v) is 28.3. The standard InChI is InChI=1S/C48H32N4/c1-5-18-33(19-6-1)43-41-30-15-16-31-42(41)49-48(52-43)38-27-17-26-37(32-38)39-28-13-14-29-40(39)47-46(36-24-11-4-12-25-36)50-44(34-20-7-2-8-21-34)45(51-47)35-22-9-3-10-23-35/h1-32H. The summed E-state index contributed by atoms with van der Waals surface area (Å²) in [6.45, 7) is 0. The Morgan fingerprint density at radius 3 is 1.27 bits per heavy atom. The largest absolute Gasteiger partial charge is 0.243 e. The van der Waals surface area contributed by atoms with Gasteiger partial charge in [-0.05, 0) is 23.3 Å². The zero-order valence-electron chi connectivity index (χ0n) is 28.3. The van der Waals surface area contributed by atoms with Gasteiger partial charge in [0.2, 0.25) is 0 Å². The van der Waals surface area contributed by atoms with Crippen LogP contribution in [0.3, 0.4) is 0 Å². The van der Waals surface area contributed by atoms with Gasteiger partial charge < -0.3 is 0 Å². The van der Waals surface area contributed by atoms with E-state index in [-0.39, 0.29) is 0 Å². The van der Waals surface area contributed by atoms with E-state index < -0.39 is 0 Å². The van der Waals surface area contributed by atoms with Crippen molar-refractivity contribution >= 4 is 10.9 Å². The van der Waals surface area contributed by atoms with Gasteiger partial charge in [0, 0.05) is 38.8 Å². The number of hydrogen-bond donors (Lipinski definition) is 0. The molecule has 0 radical (unpaired) electrons. The van der Waals surface area contributed by atoms with Crippen molar-refractivity contribution in [2.75, 3.05) is 0 Å². The molecule has 0 N–H and O–H groups in total. The van der Waals surface area contributed by atoms with Gasteiger partial charge in [0.05, 0.1) is 34.0 Å². The number of hydrogen-bond acceptors (Lipinski definition) is 4. The van der Waals surface area contributed by atoms with Crippen LogP contribution in [0.15, 0.2) is 194 Å². The third kappa shape index (κ3) is 5.93. The second-order valence-electron chi connectivity index (χ2n) is 12.6. The van der Waals surface area contributed by atoms with Crippen molar-refractivity contribution in [1.29, 1.82) is 0 Å². The predicted octanol–water partition coefficient (Wildman–Crippen LogP) is 12.1. The van der Waals surface area contributed by atoms with Crippen molar-refractivity contribution in [2.45, 2.75) is 0 Å². The molecule has 7 aromatic carbocycles. The minimum atomic E-state index is 0.681. The van der Waals surface area contributed by atoms with E-state index in [1.165, 1.54) is 0 Å². The number of benzene rings is 7. The highest BCUT2D eigenvalue weighted by atomic mass is 14.9. The number of para-hydroxylation sites is 1. The van der Waals surface area contributed by atoms with Gasteiger partial charge in [-0.3, -0.25) is 0 Å². The lowest BCUT2D eigenvalue weighted by Gasteiger charge is -2.18. The Kier molecular flexibility index (Phi) is 8.16. The fourth-order valence-electron chi connectivity index (χ4n) is 6.80. The first-order chi connectivity index (χ1) is 25.8. The van der Waals surface area contributed by atoms with Gasteiger partial charge in [-0.25, -0.2) is 19.9 Å². The van der Waals surface area contributed by atoms with Crippen LogP contribution in [0.5, 0.6) is 0 Å². The highest BCUT2D eigenvalue weighted by molar-refractivity contribution is 5.95. The Hall–Kier alpha value is -7.04. The second kappa shape index (κ2) is 13.7. The van der Waals surface area contributed by atoms with E-state index in [1.54, 1.807) is 0 Å². The summed E-state index contributed by atoms with van der Waals surface area (Å²) < 4.78 is 0. The first-order valence-electron chi connectivity index (χ1n) is 17.4. The summed E-state index contributed by atoms with van der Waals surface area (Å²) in [4.78, 5) is 21.2. The maximum atomic E-state index is 5.52. The quantitative estimate of drug-likeness (QED) is 0.170. The Morgan fingerprint density at radius 2 is 0.673 bits per heavy atom. The van der Waals surface area contributed by atoms with Crippen molar-refractivity contribution < 1.29 is 0 Å². The molecular formula is C48H32N4. The monoisotopic (exact) mass is 664 g/mol. The van der Waals surface area contributed by atoms with Crippen molar-refractivity contribution in [1.82, 2.24) is 19.9 Å². The molecule has 0 amide bonds. The Morgan fingerprint density at radius 1 is 0.250 bits per heavy atom. The number of nitrogens with zero attached hydrogens (tertiary/aromatic N) is 4. The van der Waals surface area contributed by atoms with E-state index >= 15 is 0 Å². The molecule has 0 spiro atoms. The molecule has 0 aliphatic carbocycles. The molecule has 4 heteroatoms. The third-order valence-corrected chi connectivity index (χ3v) is 9.30. The minimum Gasteiger partial charge on any atom is -0.243 e. The van der Waals surface area contributed by atoms with E-state index in [0.717, 1.165) is 83.9 Å². The summed E-state index contributed by atoms with van der Waals surface area (Å²) in [5.74, 6) is 0.681. The van der Waals surface area contributed by atoms with Gasteiger partial charge in [-0.2, -0.15) is 0 Å². The molecule has 9 aromatic rings. The number of aromatic nitrogens is 4. The van der Waals surface area contributed by atoms with E-state index in [1.807, 2.05) is 72.8 Å². The van der Waals surface area contributed by atoms with Gasteiger partial charge in [-0.1, -0.05) is 182 Å². The van der Waals surface area contributed by atoms with Crippen LogP contribution >= 0.6 is 0 Å². The Labute approximate surface area is 302 Å². The predicted molar refractivity (Wildman–Crippen MR) is 213 cm³/mol. The molecule has 0 saturated heterocycles. The zero-order chi connectivity index (χ0) is 34.7. The SMILES string of the molecule is c1ccc(-c2nc(-c3ccccc3)c(-c3ccccc3-c3cccc(-c4nc(-c5ccccc5)c5ccccc5n4)c3)nc2-c2ccccc2)cc1. The van der Waals surface area contributed by atoms with Crippen LogP contribution in [0.1, 0.15) is 0 Å². The Bertz CT molecular complexity index is 2660. The molecule has 2 heterocycles. The van der Waals surface area contributed by atoms with Crippen molar-refractivity contribution in [3.05, 3.63) is 194 Å². The fraction of sp³-hybridized carbons (Fsp3) is 0. The summed E-state index contributed by atoms with van der Waals surface area (Å²) in [6.07, 6.45) is 0. The minimum absolute atomic E-state index is 0.681. The molecule has 0 bridgehead atoms. The molecule has 52 heavy (non-hydrogen) atoms. The lowest BCUT2D eigenvalue weighted by Crippen LogP contribution is -2.01. The number of fused-ring (bicyclic) bond motifs is 1. The summed E-state index contributed by atoms with van der Waals surface area (Å²) in [5.41, 5.74) is 13.3. The molecule has 0 unspecified atom stereocenters. The molecule has 0 aliphatic heterocycles. The summed E-state index contributed by atoms with van der Waals surface area (Å²) in [6, 6.07) is 66.5. The molecule has 0 atom stereocenters. The van der Waals surface area contributed by atoms with Crippen LogP contribution in [0, 0.1) is 0 Å². The molecule has 9 rings (SSSR count). The maximum absolute atomic E-state index is 5.52. The molecule has 0 aliphatic rings. The molecule has 2 aromatic heterocycles. The highest BCUT2D eigenvalue weighted by Crippen LogP contribution is 2.41. The van der Waals surface area contributed by atoms with Crippen LogP contribution < -0.4 is 0 Å². The van der Waals surface area contributed by atoms with E-state index in [0.29, 0.717) is 5.82 Å².